The Hall–Kier alpha value is -4.00. The number of fused-ring (bicyclic) bond motifs is 3. The highest BCUT2D eigenvalue weighted by molar-refractivity contribution is 6.08. The van der Waals surface area contributed by atoms with Crippen molar-refractivity contribution in [3.8, 4) is 5.75 Å². The molecule has 0 saturated heterocycles. The van der Waals surface area contributed by atoms with Gasteiger partial charge in [-0.25, -0.2) is 4.79 Å². The number of anilines is 2. The molecule has 0 saturated carbocycles. The molecule has 0 spiro atoms. The first-order valence-corrected chi connectivity index (χ1v) is 9.75. The summed E-state index contributed by atoms with van der Waals surface area (Å²) in [7, 11) is 2.89. The first-order valence-electron chi connectivity index (χ1n) is 9.75. The van der Waals surface area contributed by atoms with Gasteiger partial charge in [-0.15, -0.1) is 0 Å². The number of carbonyl (C=O) groups is 2. The van der Waals surface area contributed by atoms with E-state index >= 15 is 0 Å². The third-order valence-electron chi connectivity index (χ3n) is 5.04. The number of nitrogens with one attached hydrogen (secondary N) is 2. The van der Waals surface area contributed by atoms with E-state index in [9.17, 15) is 9.59 Å². The Morgan fingerprint density at radius 2 is 1.68 bits per heavy atom. The minimum Gasteiger partial charge on any atom is -0.495 e. The molecular weight excluding hydrogens is 396 g/mol. The van der Waals surface area contributed by atoms with Gasteiger partial charge in [0.1, 0.15) is 23.0 Å². The van der Waals surface area contributed by atoms with Crippen LogP contribution in [0.5, 0.6) is 5.75 Å². The van der Waals surface area contributed by atoms with Gasteiger partial charge in [0.15, 0.2) is 0 Å². The molecule has 0 bridgehead atoms. The highest BCUT2D eigenvalue weighted by Gasteiger charge is 2.18. The second-order valence-electron chi connectivity index (χ2n) is 7.07. The largest absolute Gasteiger partial charge is 0.495 e. The molecule has 0 aliphatic heterocycles. The molecule has 0 fully saturated rings. The average Bonchev–Trinajstić information content (AvgIpc) is 3.15. The summed E-state index contributed by atoms with van der Waals surface area (Å²) in [6, 6.07) is 17.5. The summed E-state index contributed by atoms with van der Waals surface area (Å²) in [5, 5.41) is 7.91. The molecule has 1 atom stereocenters. The van der Waals surface area contributed by atoms with Gasteiger partial charge in [0.25, 0.3) is 0 Å². The Morgan fingerprint density at radius 1 is 0.935 bits per heavy atom. The molecule has 4 aromatic rings. The van der Waals surface area contributed by atoms with Crippen molar-refractivity contribution in [2.45, 2.75) is 13.0 Å². The standard InChI is InChI=1S/C24H22N2O5/c1-14(25-16-10-8-15(9-11-16)24(28)30-3)23(27)26-19-13-21-18(12-22(19)29-2)17-6-4-5-7-20(17)31-21/h4-14,25H,1-3H3,(H,26,27)/t14-/m1/s1. The predicted octanol–water partition coefficient (Wildman–Crippen LogP) is 4.82. The van der Waals surface area contributed by atoms with Crippen molar-refractivity contribution in [3.05, 3.63) is 66.2 Å². The van der Waals surface area contributed by atoms with Crippen LogP contribution >= 0.6 is 0 Å². The Bertz CT molecular complexity index is 1260. The van der Waals surface area contributed by atoms with E-state index in [0.29, 0.717) is 28.3 Å². The quantitative estimate of drug-likeness (QED) is 0.436. The van der Waals surface area contributed by atoms with Gasteiger partial charge in [-0.3, -0.25) is 4.79 Å². The lowest BCUT2D eigenvalue weighted by atomic mass is 10.1. The number of amides is 1. The fraction of sp³-hybridized carbons (Fsp3) is 0.167. The summed E-state index contributed by atoms with van der Waals surface area (Å²) in [5.41, 5.74) is 3.10. The number of hydrogen-bond acceptors (Lipinski definition) is 6. The van der Waals surface area contributed by atoms with Crippen LogP contribution in [0, 0.1) is 0 Å². The fourth-order valence-corrected chi connectivity index (χ4v) is 3.39. The van der Waals surface area contributed by atoms with E-state index in [1.165, 1.54) is 7.11 Å². The van der Waals surface area contributed by atoms with Gasteiger partial charge in [0.2, 0.25) is 5.91 Å². The number of ether oxygens (including phenoxy) is 2. The van der Waals surface area contributed by atoms with E-state index in [-0.39, 0.29) is 5.91 Å². The number of rotatable bonds is 6. The molecule has 158 valence electrons. The van der Waals surface area contributed by atoms with E-state index in [0.717, 1.165) is 16.4 Å². The van der Waals surface area contributed by atoms with E-state index in [2.05, 4.69) is 10.6 Å². The van der Waals surface area contributed by atoms with Gasteiger partial charge >= 0.3 is 5.97 Å². The molecule has 2 N–H and O–H groups in total. The molecule has 7 nitrogen and oxygen atoms in total. The summed E-state index contributed by atoms with van der Waals surface area (Å²) in [6.07, 6.45) is 0. The number of methoxy groups -OCH3 is 2. The molecule has 1 heterocycles. The van der Waals surface area contributed by atoms with Crippen LogP contribution in [0.2, 0.25) is 0 Å². The molecule has 3 aromatic carbocycles. The predicted molar refractivity (Wildman–Crippen MR) is 120 cm³/mol. The van der Waals surface area contributed by atoms with Crippen molar-refractivity contribution in [2.24, 2.45) is 0 Å². The smallest absolute Gasteiger partial charge is 0.337 e. The Labute approximate surface area is 178 Å². The zero-order chi connectivity index (χ0) is 22.0. The first kappa shape index (κ1) is 20.3. The van der Waals surface area contributed by atoms with E-state index in [4.69, 9.17) is 13.9 Å². The summed E-state index contributed by atoms with van der Waals surface area (Å²) in [5.74, 6) is -0.113. The molecule has 7 heteroatoms. The summed E-state index contributed by atoms with van der Waals surface area (Å²) < 4.78 is 16.1. The van der Waals surface area contributed by atoms with Gasteiger partial charge in [-0.05, 0) is 43.3 Å². The first-order chi connectivity index (χ1) is 15.0. The maximum Gasteiger partial charge on any atom is 0.337 e. The molecular formula is C24H22N2O5. The highest BCUT2D eigenvalue weighted by atomic mass is 16.5. The number of carbonyl (C=O) groups excluding carboxylic acids is 2. The Morgan fingerprint density at radius 3 is 2.39 bits per heavy atom. The third kappa shape index (κ3) is 4.02. The number of benzene rings is 3. The second-order valence-corrected chi connectivity index (χ2v) is 7.07. The van der Waals surface area contributed by atoms with Gasteiger partial charge in [-0.1, -0.05) is 18.2 Å². The van der Waals surface area contributed by atoms with Crippen molar-refractivity contribution >= 4 is 45.2 Å². The molecule has 0 unspecified atom stereocenters. The fourth-order valence-electron chi connectivity index (χ4n) is 3.39. The van der Waals surface area contributed by atoms with Gasteiger partial charge in [0.05, 0.1) is 25.5 Å². The number of esters is 1. The Balaban J connectivity index is 1.53. The van der Waals surface area contributed by atoms with Crippen LogP contribution in [0.1, 0.15) is 17.3 Å². The Kier molecular flexibility index (Phi) is 5.49. The lowest BCUT2D eigenvalue weighted by Gasteiger charge is -2.17. The van der Waals surface area contributed by atoms with Crippen molar-refractivity contribution in [1.82, 2.24) is 0 Å². The van der Waals surface area contributed by atoms with Crippen molar-refractivity contribution in [1.29, 1.82) is 0 Å². The average molecular weight is 418 g/mol. The summed E-state index contributed by atoms with van der Waals surface area (Å²) >= 11 is 0. The van der Waals surface area contributed by atoms with Crippen LogP contribution in [-0.2, 0) is 9.53 Å². The summed E-state index contributed by atoms with van der Waals surface area (Å²) in [4.78, 5) is 24.3. The van der Waals surface area contributed by atoms with E-state index in [1.807, 2.05) is 30.3 Å². The lowest BCUT2D eigenvalue weighted by Crippen LogP contribution is -2.32. The molecule has 1 amide bonds. The third-order valence-corrected chi connectivity index (χ3v) is 5.04. The molecule has 0 aliphatic rings. The molecule has 31 heavy (non-hydrogen) atoms. The van der Waals surface area contributed by atoms with Crippen molar-refractivity contribution in [3.63, 3.8) is 0 Å². The zero-order valence-electron chi connectivity index (χ0n) is 17.4. The van der Waals surface area contributed by atoms with Crippen LogP contribution in [0.3, 0.4) is 0 Å². The number of furan rings is 1. The number of hydrogen-bond donors (Lipinski definition) is 2. The maximum absolute atomic E-state index is 12.8. The lowest BCUT2D eigenvalue weighted by molar-refractivity contribution is -0.116. The normalized spacial score (nSPS) is 11.8. The van der Waals surface area contributed by atoms with Gasteiger partial charge in [-0.2, -0.15) is 0 Å². The van der Waals surface area contributed by atoms with Crippen LogP contribution in [0.25, 0.3) is 21.9 Å². The summed E-state index contributed by atoms with van der Waals surface area (Å²) in [6.45, 7) is 1.75. The molecule has 0 radical (unpaired) electrons. The topological polar surface area (TPSA) is 89.8 Å². The van der Waals surface area contributed by atoms with Crippen LogP contribution in [0.4, 0.5) is 11.4 Å². The maximum atomic E-state index is 12.8. The van der Waals surface area contributed by atoms with Crippen LogP contribution in [0.15, 0.2) is 65.1 Å². The number of para-hydroxylation sites is 1. The van der Waals surface area contributed by atoms with Crippen LogP contribution in [-0.4, -0.2) is 32.1 Å². The minimum atomic E-state index is -0.542. The van der Waals surface area contributed by atoms with Crippen LogP contribution < -0.4 is 15.4 Å². The monoisotopic (exact) mass is 418 g/mol. The molecule has 0 aliphatic carbocycles. The zero-order valence-corrected chi connectivity index (χ0v) is 17.4. The molecule has 4 rings (SSSR count). The van der Waals surface area contributed by atoms with Gasteiger partial charge in [0, 0.05) is 22.5 Å². The van der Waals surface area contributed by atoms with Crippen molar-refractivity contribution in [2.75, 3.05) is 24.9 Å². The second kappa shape index (κ2) is 8.39. The van der Waals surface area contributed by atoms with E-state index in [1.54, 1.807) is 44.4 Å². The van der Waals surface area contributed by atoms with Gasteiger partial charge < -0.3 is 24.5 Å². The SMILES string of the molecule is COC(=O)c1ccc(N[C@H](C)C(=O)Nc2cc3oc4ccccc4c3cc2OC)cc1. The highest BCUT2D eigenvalue weighted by Crippen LogP contribution is 2.36. The van der Waals surface area contributed by atoms with Crippen molar-refractivity contribution < 1.29 is 23.5 Å². The van der Waals surface area contributed by atoms with E-state index < -0.39 is 12.0 Å². The molecule has 1 aromatic heterocycles. The minimum absolute atomic E-state index is 0.245.